The van der Waals surface area contributed by atoms with E-state index in [1.807, 2.05) is 86.7 Å². The molecule has 4 rings (SSSR count). The number of rotatable bonds is 29. The summed E-state index contributed by atoms with van der Waals surface area (Å²) in [5.41, 5.74) is 1.27. The first-order valence-electron chi connectivity index (χ1n) is 24.0. The van der Waals surface area contributed by atoms with Crippen LogP contribution in [0.5, 0.6) is 11.5 Å². The molecule has 71 heavy (non-hydrogen) atoms. The number of aliphatic hydroxyl groups excluding tert-OH is 1. The van der Waals surface area contributed by atoms with Crippen LogP contribution in [0.4, 0.5) is 4.79 Å². The summed E-state index contributed by atoms with van der Waals surface area (Å²) in [6.45, 7) is 5.20. The predicted octanol–water partition coefficient (Wildman–Crippen LogP) is 4.04. The highest BCUT2D eigenvalue weighted by atomic mass is 16.7. The summed E-state index contributed by atoms with van der Waals surface area (Å²) < 4.78 is 51.3. The molecule has 0 aliphatic carbocycles. The van der Waals surface area contributed by atoms with Gasteiger partial charge >= 0.3 is 24.0 Å². The van der Waals surface area contributed by atoms with Crippen molar-refractivity contribution in [2.24, 2.45) is 0 Å². The van der Waals surface area contributed by atoms with Gasteiger partial charge in [-0.3, -0.25) is 24.0 Å². The number of esters is 3. The van der Waals surface area contributed by atoms with Crippen molar-refractivity contribution in [3.8, 4) is 11.5 Å². The van der Waals surface area contributed by atoms with Crippen molar-refractivity contribution in [1.29, 1.82) is 0 Å². The van der Waals surface area contributed by atoms with Gasteiger partial charge in [-0.05, 0) is 73.0 Å². The Morgan fingerprint density at radius 2 is 1.27 bits per heavy atom. The van der Waals surface area contributed by atoms with Gasteiger partial charge in [0.1, 0.15) is 55.9 Å². The lowest BCUT2D eigenvalue weighted by Crippen LogP contribution is -2.66. The van der Waals surface area contributed by atoms with Gasteiger partial charge in [-0.25, -0.2) is 4.79 Å². The van der Waals surface area contributed by atoms with Crippen molar-refractivity contribution in [2.75, 3.05) is 47.1 Å². The molecule has 4 N–H and O–H groups in total. The number of aliphatic hydroxyl groups is 1. The second-order valence-corrected chi connectivity index (χ2v) is 17.0. The van der Waals surface area contributed by atoms with Gasteiger partial charge in [0.05, 0.1) is 20.8 Å². The van der Waals surface area contributed by atoms with E-state index in [4.69, 9.17) is 42.6 Å². The van der Waals surface area contributed by atoms with Gasteiger partial charge in [0.15, 0.2) is 18.5 Å². The van der Waals surface area contributed by atoms with Crippen LogP contribution in [0.15, 0.2) is 78.9 Å². The molecule has 0 bridgehead atoms. The quantitative estimate of drug-likeness (QED) is 0.0252. The van der Waals surface area contributed by atoms with Gasteiger partial charge in [-0.15, -0.1) is 0 Å². The Balaban J connectivity index is 1.18. The summed E-state index contributed by atoms with van der Waals surface area (Å²) >= 11 is 0. The van der Waals surface area contributed by atoms with E-state index in [0.717, 1.165) is 49.8 Å². The minimum absolute atomic E-state index is 0.0984. The molecule has 7 atom stereocenters. The molecule has 0 radical (unpaired) electrons. The number of carbonyl (C=O) groups is 6. The molecular formula is C51H70BN3O16. The van der Waals surface area contributed by atoms with Gasteiger partial charge in [0.2, 0.25) is 11.8 Å². The largest absolute Gasteiger partial charge is 0.497 e. The summed E-state index contributed by atoms with van der Waals surface area (Å²) in [4.78, 5) is 73.3. The number of alkyl carbamates (subject to hydrolysis) is 1. The van der Waals surface area contributed by atoms with Crippen LogP contribution in [0, 0.1) is 0 Å². The Morgan fingerprint density at radius 1 is 0.704 bits per heavy atom. The second kappa shape index (κ2) is 29.8. The predicted molar refractivity (Wildman–Crippen MR) is 261 cm³/mol. The minimum atomic E-state index is -1.23. The van der Waals surface area contributed by atoms with E-state index in [-0.39, 0.29) is 32.1 Å². The van der Waals surface area contributed by atoms with Crippen molar-refractivity contribution in [3.05, 3.63) is 95.6 Å². The number of carbonyl (C=O) groups excluding carboxylic acids is 6. The molecule has 5 unspecified atom stereocenters. The van der Waals surface area contributed by atoms with Gasteiger partial charge in [-0.1, -0.05) is 67.4 Å². The lowest BCUT2D eigenvalue weighted by atomic mass is 9.80. The fraction of sp³-hybridized carbons (Fsp3) is 0.529. The molecule has 388 valence electrons. The Kier molecular flexibility index (Phi) is 24.1. The molecule has 3 aromatic rings. The molecular weight excluding hydrogens is 921 g/mol. The first kappa shape index (κ1) is 57.4. The zero-order valence-electron chi connectivity index (χ0n) is 41.8. The summed E-state index contributed by atoms with van der Waals surface area (Å²) in [6.07, 6.45) is -2.87. The fourth-order valence-electron chi connectivity index (χ4n) is 8.14. The normalized spacial score (nSPS) is 18.4. The zero-order valence-corrected chi connectivity index (χ0v) is 41.8. The van der Waals surface area contributed by atoms with Gasteiger partial charge in [0, 0.05) is 53.8 Å². The maximum atomic E-state index is 12.9. The molecule has 0 aromatic heterocycles. The zero-order chi connectivity index (χ0) is 51.8. The Hall–Kier alpha value is -6.22. The summed E-state index contributed by atoms with van der Waals surface area (Å²) in [5, 5.41) is 19.8. The van der Waals surface area contributed by atoms with Crippen molar-refractivity contribution in [2.45, 2.75) is 127 Å². The minimum Gasteiger partial charge on any atom is -0.497 e. The van der Waals surface area contributed by atoms with E-state index in [1.54, 1.807) is 14.2 Å². The third-order valence-corrected chi connectivity index (χ3v) is 11.6. The van der Waals surface area contributed by atoms with Crippen LogP contribution in [0.3, 0.4) is 0 Å². The molecule has 1 aliphatic heterocycles. The standard InChI is InChI=1S/C51H70BN3O16/c1-33(56)55-46-48(69-36(4)59)47(68-35(3)58)44(32-66-34(2)57)70-49(46)65-29-15-12-18-45(61)53-27-13-7-8-14-28-54-50(62)71-43(30-52)42(60)31-67-51(37-16-10-9-11-17-37,38-19-23-40(63-5)24-20-38)39-21-25-41(64-6)26-22-39/h9-11,16-17,19-26,42-44,46-49,60H,7-8,12-15,18,27-32,52H2,1-6H3,(H,53,61)(H,54,62)(H,55,56)/t42-,43-,44?,46?,47?,48?,49?/m0/s1. The van der Waals surface area contributed by atoms with Crippen LogP contribution in [-0.2, 0) is 62.7 Å². The summed E-state index contributed by atoms with van der Waals surface area (Å²) in [5.74, 6) is -1.30. The Labute approximate surface area is 416 Å². The number of benzene rings is 3. The van der Waals surface area contributed by atoms with Crippen molar-refractivity contribution >= 4 is 43.7 Å². The highest BCUT2D eigenvalue weighted by molar-refractivity contribution is 6.09. The SMILES string of the molecule is BC[C@H](OC(=O)NCCCCCCNC(=O)CCCCOC1OC(COC(C)=O)C(OC(C)=O)C(OC(C)=O)C1NC(C)=O)[C@@H](O)COC(c1ccccc1)(c1ccc(OC)cc1)c1ccc(OC)cc1. The maximum Gasteiger partial charge on any atom is 0.407 e. The highest BCUT2D eigenvalue weighted by Crippen LogP contribution is 2.42. The third kappa shape index (κ3) is 18.2. The molecule has 1 aliphatic rings. The molecule has 19 nitrogen and oxygen atoms in total. The van der Waals surface area contributed by atoms with Crippen LogP contribution in [0.2, 0.25) is 6.32 Å². The molecule has 1 saturated heterocycles. The Bertz CT molecular complexity index is 2080. The van der Waals surface area contributed by atoms with Gasteiger partial charge in [-0.2, -0.15) is 0 Å². The first-order valence-corrected chi connectivity index (χ1v) is 24.0. The number of hydrogen-bond donors (Lipinski definition) is 4. The number of unbranched alkanes of at least 4 members (excludes halogenated alkanes) is 4. The van der Waals surface area contributed by atoms with Crippen LogP contribution < -0.4 is 25.4 Å². The van der Waals surface area contributed by atoms with Crippen molar-refractivity contribution in [3.63, 3.8) is 0 Å². The van der Waals surface area contributed by atoms with E-state index in [9.17, 15) is 33.9 Å². The molecule has 0 spiro atoms. The topological polar surface area (TPSA) is 242 Å². The smallest absolute Gasteiger partial charge is 0.407 e. The van der Waals surface area contributed by atoms with E-state index >= 15 is 0 Å². The van der Waals surface area contributed by atoms with Gasteiger partial charge in [0.25, 0.3) is 0 Å². The maximum absolute atomic E-state index is 12.9. The number of nitrogens with one attached hydrogen (secondary N) is 3. The molecule has 20 heteroatoms. The number of amides is 3. The number of ether oxygens (including phenoxy) is 9. The Morgan fingerprint density at radius 3 is 1.80 bits per heavy atom. The molecule has 1 fully saturated rings. The van der Waals surface area contributed by atoms with Crippen LogP contribution in [0.1, 0.15) is 89.3 Å². The molecule has 0 saturated carbocycles. The number of methoxy groups -OCH3 is 2. The second-order valence-electron chi connectivity index (χ2n) is 17.0. The monoisotopic (exact) mass is 991 g/mol. The molecule has 1 heterocycles. The lowest BCUT2D eigenvalue weighted by molar-refractivity contribution is -0.277. The van der Waals surface area contributed by atoms with E-state index in [0.29, 0.717) is 50.2 Å². The van der Waals surface area contributed by atoms with Crippen molar-refractivity contribution < 1.29 is 76.5 Å². The third-order valence-electron chi connectivity index (χ3n) is 11.6. The van der Waals surface area contributed by atoms with Crippen LogP contribution >= 0.6 is 0 Å². The van der Waals surface area contributed by atoms with Crippen molar-refractivity contribution in [1.82, 2.24) is 16.0 Å². The first-order chi connectivity index (χ1) is 34.1. The lowest BCUT2D eigenvalue weighted by Gasteiger charge is -2.44. The number of hydrogen-bond acceptors (Lipinski definition) is 16. The van der Waals surface area contributed by atoms with E-state index in [2.05, 4.69) is 16.0 Å². The molecule has 3 amide bonds. The average Bonchev–Trinajstić information content (AvgIpc) is 3.35. The van der Waals surface area contributed by atoms with Gasteiger partial charge < -0.3 is 63.7 Å². The highest BCUT2D eigenvalue weighted by Gasteiger charge is 2.51. The average molecular weight is 992 g/mol. The van der Waals surface area contributed by atoms with E-state index < -0.39 is 78.4 Å². The molecule has 3 aromatic carbocycles. The van der Waals surface area contributed by atoms with E-state index in [1.165, 1.54) is 13.8 Å². The summed E-state index contributed by atoms with van der Waals surface area (Å²) in [6, 6.07) is 23.7. The van der Waals surface area contributed by atoms with Crippen LogP contribution in [-0.4, -0.2) is 139 Å². The van der Waals surface area contributed by atoms with Crippen LogP contribution in [0.25, 0.3) is 0 Å². The summed E-state index contributed by atoms with van der Waals surface area (Å²) in [7, 11) is 5.03. The fourth-order valence-corrected chi connectivity index (χ4v) is 8.14.